The van der Waals surface area contributed by atoms with Crippen molar-refractivity contribution in [1.82, 2.24) is 4.98 Å². The number of benzene rings is 2. The van der Waals surface area contributed by atoms with Crippen molar-refractivity contribution < 1.29 is 10.2 Å². The average molecular weight is 568 g/mol. The number of hydrogen-bond donors (Lipinski definition) is 2. The van der Waals surface area contributed by atoms with Crippen LogP contribution in [0.25, 0.3) is 23.1 Å². The third-order valence-electron chi connectivity index (χ3n) is 8.98. The van der Waals surface area contributed by atoms with Gasteiger partial charge in [-0.15, -0.1) is 0 Å². The van der Waals surface area contributed by atoms with Gasteiger partial charge in [-0.25, -0.2) is 4.98 Å². The van der Waals surface area contributed by atoms with Crippen molar-refractivity contribution in [2.45, 2.75) is 84.2 Å². The summed E-state index contributed by atoms with van der Waals surface area (Å²) in [6.07, 6.45) is 15.0. The van der Waals surface area contributed by atoms with Gasteiger partial charge in [0.25, 0.3) is 0 Å². The Morgan fingerprint density at radius 2 is 1.88 bits per heavy atom. The summed E-state index contributed by atoms with van der Waals surface area (Å²) >= 11 is 6.16. The first-order valence-electron chi connectivity index (χ1n) is 15.0. The van der Waals surface area contributed by atoms with Crippen LogP contribution in [0.15, 0.2) is 89.2 Å². The van der Waals surface area contributed by atoms with E-state index in [0.717, 1.165) is 71.0 Å². The van der Waals surface area contributed by atoms with Crippen LogP contribution < -0.4 is 0 Å². The molecule has 1 fully saturated rings. The Hall–Kier alpha value is -3.14. The van der Waals surface area contributed by atoms with Crippen molar-refractivity contribution in [3.05, 3.63) is 111 Å². The number of rotatable bonds is 10. The summed E-state index contributed by atoms with van der Waals surface area (Å²) in [6, 6.07) is 18.5. The van der Waals surface area contributed by atoms with E-state index in [1.165, 1.54) is 18.4 Å². The molecule has 41 heavy (non-hydrogen) atoms. The molecule has 2 N–H and O–H groups in total. The second kappa shape index (κ2) is 12.0. The molecule has 0 spiro atoms. The third kappa shape index (κ3) is 7.02. The molecule has 2 aromatic carbocycles. The molecule has 214 valence electrons. The lowest BCUT2D eigenvalue weighted by Crippen LogP contribution is -2.24. The molecule has 0 saturated heterocycles. The number of aliphatic hydroxyl groups is 2. The van der Waals surface area contributed by atoms with E-state index in [2.05, 4.69) is 62.4 Å². The van der Waals surface area contributed by atoms with Gasteiger partial charge in [0, 0.05) is 16.8 Å². The van der Waals surface area contributed by atoms with Gasteiger partial charge >= 0.3 is 0 Å². The van der Waals surface area contributed by atoms with Crippen LogP contribution in [0.1, 0.15) is 95.4 Å². The number of halogens is 1. The molecule has 0 bridgehead atoms. The van der Waals surface area contributed by atoms with Gasteiger partial charge < -0.3 is 10.2 Å². The number of nitrogens with zero attached hydrogens (tertiary/aromatic N) is 1. The van der Waals surface area contributed by atoms with E-state index < -0.39 is 5.60 Å². The number of fused-ring (bicyclic) bond motifs is 1. The van der Waals surface area contributed by atoms with Gasteiger partial charge in [-0.3, -0.25) is 0 Å². The van der Waals surface area contributed by atoms with Gasteiger partial charge in [0.15, 0.2) is 0 Å². The summed E-state index contributed by atoms with van der Waals surface area (Å²) in [5.74, 6) is 0.842. The van der Waals surface area contributed by atoms with Gasteiger partial charge in [-0.1, -0.05) is 86.5 Å². The topological polar surface area (TPSA) is 53.4 Å². The molecule has 1 unspecified atom stereocenters. The molecule has 0 aliphatic heterocycles. The molecular weight excluding hydrogens is 526 g/mol. The van der Waals surface area contributed by atoms with Gasteiger partial charge in [-0.05, 0) is 109 Å². The standard InChI is InChI=1S/C37H42ClNO2/c1-5-37(20-21-37)24-35(40)32-10-7-11-33(36(3,4)41)31(32)19-12-25(2)28-9-6-8-26(22-28)13-17-30-18-15-27-14-16-29(38)23-34(27)39-30/h6-9,11,13-18,22-23,25,40-41H,5,10,12,19-21,24H2,1-4H3. The monoisotopic (exact) mass is 567 g/mol. The Labute approximate surface area is 250 Å². The first-order chi connectivity index (χ1) is 19.6. The number of hydrogen-bond acceptors (Lipinski definition) is 3. The predicted molar refractivity (Wildman–Crippen MR) is 173 cm³/mol. The van der Waals surface area contributed by atoms with Crippen LogP contribution in [0.4, 0.5) is 0 Å². The molecule has 1 heterocycles. The molecular formula is C37H42ClNO2. The van der Waals surface area contributed by atoms with Crippen LogP contribution in [-0.4, -0.2) is 20.8 Å². The zero-order valence-electron chi connectivity index (χ0n) is 24.8. The molecule has 3 aromatic rings. The van der Waals surface area contributed by atoms with E-state index >= 15 is 0 Å². The number of aliphatic hydroxyl groups excluding tert-OH is 1. The van der Waals surface area contributed by atoms with Gasteiger partial charge in [-0.2, -0.15) is 0 Å². The molecule has 1 atom stereocenters. The first-order valence-corrected chi connectivity index (χ1v) is 15.3. The molecule has 2 aliphatic carbocycles. The highest BCUT2D eigenvalue weighted by Gasteiger charge is 2.42. The van der Waals surface area contributed by atoms with Gasteiger partial charge in [0.05, 0.1) is 22.6 Å². The SMILES string of the molecule is CCC1(CC(O)=C2CC=CC(C(C)(C)O)=C2CCC(C)c2cccc(C=Cc3ccc4ccc(Cl)cc4n3)c2)CC1. The summed E-state index contributed by atoms with van der Waals surface area (Å²) < 4.78 is 0. The van der Waals surface area contributed by atoms with E-state index in [1.54, 1.807) is 0 Å². The Kier molecular flexibility index (Phi) is 8.59. The Balaban J connectivity index is 1.33. The highest BCUT2D eigenvalue weighted by atomic mass is 35.5. The van der Waals surface area contributed by atoms with Crippen molar-refractivity contribution in [2.24, 2.45) is 5.41 Å². The number of pyridine rings is 1. The summed E-state index contributed by atoms with van der Waals surface area (Å²) in [6.45, 7) is 8.18. The number of aromatic nitrogens is 1. The predicted octanol–water partition coefficient (Wildman–Crippen LogP) is 10.4. The lowest BCUT2D eigenvalue weighted by atomic mass is 9.79. The van der Waals surface area contributed by atoms with Crippen LogP contribution in [-0.2, 0) is 0 Å². The normalized spacial score (nSPS) is 18.8. The zero-order chi connectivity index (χ0) is 29.2. The molecule has 4 heteroatoms. The minimum absolute atomic E-state index is 0.273. The van der Waals surface area contributed by atoms with E-state index in [1.807, 2.05) is 44.2 Å². The maximum Gasteiger partial charge on any atom is 0.0966 e. The third-order valence-corrected chi connectivity index (χ3v) is 9.22. The van der Waals surface area contributed by atoms with E-state index in [4.69, 9.17) is 16.6 Å². The van der Waals surface area contributed by atoms with E-state index in [-0.39, 0.29) is 5.41 Å². The summed E-state index contributed by atoms with van der Waals surface area (Å²) in [5, 5.41) is 24.1. The summed E-state index contributed by atoms with van der Waals surface area (Å²) in [4.78, 5) is 4.74. The lowest BCUT2D eigenvalue weighted by Gasteiger charge is -2.29. The molecule has 1 aromatic heterocycles. The second-order valence-corrected chi connectivity index (χ2v) is 13.0. The van der Waals surface area contributed by atoms with Crippen LogP contribution in [0.2, 0.25) is 5.02 Å². The van der Waals surface area contributed by atoms with Crippen molar-refractivity contribution in [3.8, 4) is 0 Å². The second-order valence-electron chi connectivity index (χ2n) is 12.5. The fourth-order valence-electron chi connectivity index (χ4n) is 6.00. The van der Waals surface area contributed by atoms with Gasteiger partial charge in [0.1, 0.15) is 0 Å². The van der Waals surface area contributed by atoms with Crippen LogP contribution in [0.5, 0.6) is 0 Å². The minimum atomic E-state index is -0.962. The number of allylic oxidation sites excluding steroid dienone is 4. The highest BCUT2D eigenvalue weighted by Crippen LogP contribution is 2.54. The van der Waals surface area contributed by atoms with Crippen molar-refractivity contribution in [3.63, 3.8) is 0 Å². The fraction of sp³-hybridized carbons (Fsp3) is 0.378. The van der Waals surface area contributed by atoms with E-state index in [9.17, 15) is 10.2 Å². The Morgan fingerprint density at radius 1 is 1.10 bits per heavy atom. The molecule has 3 nitrogen and oxygen atoms in total. The van der Waals surface area contributed by atoms with E-state index in [0.29, 0.717) is 16.7 Å². The zero-order valence-corrected chi connectivity index (χ0v) is 25.5. The molecule has 1 saturated carbocycles. The van der Waals surface area contributed by atoms with Crippen LogP contribution in [0.3, 0.4) is 0 Å². The molecule has 2 aliphatic rings. The van der Waals surface area contributed by atoms with Crippen molar-refractivity contribution in [1.29, 1.82) is 0 Å². The summed E-state index contributed by atoms with van der Waals surface area (Å²) in [7, 11) is 0. The molecule has 5 rings (SSSR count). The maximum atomic E-state index is 11.3. The lowest BCUT2D eigenvalue weighted by molar-refractivity contribution is 0.122. The fourth-order valence-corrected chi connectivity index (χ4v) is 6.17. The van der Waals surface area contributed by atoms with Crippen LogP contribution in [0, 0.1) is 5.41 Å². The maximum absolute atomic E-state index is 11.3. The molecule has 0 amide bonds. The smallest absolute Gasteiger partial charge is 0.0966 e. The minimum Gasteiger partial charge on any atom is -0.512 e. The van der Waals surface area contributed by atoms with Crippen LogP contribution >= 0.6 is 11.6 Å². The Morgan fingerprint density at radius 3 is 2.61 bits per heavy atom. The highest BCUT2D eigenvalue weighted by molar-refractivity contribution is 6.31. The van der Waals surface area contributed by atoms with Crippen molar-refractivity contribution in [2.75, 3.05) is 0 Å². The summed E-state index contributed by atoms with van der Waals surface area (Å²) in [5.41, 5.74) is 6.58. The quantitative estimate of drug-likeness (QED) is 0.239. The van der Waals surface area contributed by atoms with Gasteiger partial charge in [0.2, 0.25) is 0 Å². The molecule has 0 radical (unpaired) electrons. The Bertz CT molecular complexity index is 1550. The average Bonchev–Trinajstić information content (AvgIpc) is 3.73. The largest absolute Gasteiger partial charge is 0.512 e. The first kappa shape index (κ1) is 29.4. The van der Waals surface area contributed by atoms with Crippen molar-refractivity contribution >= 4 is 34.7 Å².